The summed E-state index contributed by atoms with van der Waals surface area (Å²) in [7, 11) is 0. The summed E-state index contributed by atoms with van der Waals surface area (Å²) >= 11 is 0. The molecule has 0 radical (unpaired) electrons. The number of carbonyl (C=O) groups excluding carboxylic acids is 4. The lowest BCUT2D eigenvalue weighted by atomic mass is 9.96. The van der Waals surface area contributed by atoms with E-state index in [2.05, 4.69) is 0 Å². The molecule has 276 valence electrons. The number of hydrogen-bond donors (Lipinski definition) is 1. The Morgan fingerprint density at radius 1 is 0.340 bits per heavy atom. The van der Waals surface area contributed by atoms with Crippen LogP contribution in [-0.4, -0.2) is 59.5 Å². The highest BCUT2D eigenvalue weighted by molar-refractivity contribution is 6.23. The van der Waals surface area contributed by atoms with E-state index in [9.17, 15) is 24.3 Å². The molecule has 0 aromatic heterocycles. The lowest BCUT2D eigenvalue weighted by molar-refractivity contribution is -0.150. The lowest BCUT2D eigenvalue weighted by Crippen LogP contribution is -2.28. The van der Waals surface area contributed by atoms with Gasteiger partial charge in [0.1, 0.15) is 30.5 Å². The third-order valence-electron chi connectivity index (χ3n) is 11.4. The molecule has 5 fully saturated rings. The van der Waals surface area contributed by atoms with Crippen LogP contribution in [0.2, 0.25) is 0 Å². The van der Waals surface area contributed by atoms with Gasteiger partial charge in [0.05, 0.1) is 27.9 Å². The second kappa shape index (κ2) is 17.8. The van der Waals surface area contributed by atoms with Gasteiger partial charge in [-0.2, -0.15) is 0 Å². The molecule has 10 nitrogen and oxygen atoms in total. The van der Waals surface area contributed by atoms with Gasteiger partial charge < -0.3 is 28.8 Å². The molecule has 10 heteroatoms. The molecule has 6 aliphatic carbocycles. The Hall–Kier alpha value is -3.30. The minimum absolute atomic E-state index is 0.330. The molecule has 0 bridgehead atoms. The summed E-state index contributed by atoms with van der Waals surface area (Å²) in [5.41, 5.74) is -1.89. The van der Waals surface area contributed by atoms with Gasteiger partial charge in [-0.25, -0.2) is 19.2 Å². The molecule has 0 heterocycles. The van der Waals surface area contributed by atoms with Crippen LogP contribution in [0.15, 0.2) is 33.8 Å². The smallest absolute Gasteiger partial charge is 0.340 e. The van der Waals surface area contributed by atoms with Crippen LogP contribution in [0.4, 0.5) is 0 Å². The molecule has 1 N–H and O–H groups in total. The first-order chi connectivity index (χ1) is 24.4. The Labute approximate surface area is 296 Å². The van der Waals surface area contributed by atoms with Crippen molar-refractivity contribution in [3.63, 3.8) is 0 Å². The van der Waals surface area contributed by atoms with Crippen LogP contribution in [0, 0.1) is 0 Å². The number of esters is 4. The third kappa shape index (κ3) is 9.13. The molecule has 0 atom stereocenters. The van der Waals surface area contributed by atoms with Crippen molar-refractivity contribution in [1.82, 2.24) is 0 Å². The van der Waals surface area contributed by atoms with Crippen molar-refractivity contribution in [2.24, 2.45) is 0 Å². The quantitative estimate of drug-likeness (QED) is 0.135. The van der Waals surface area contributed by atoms with E-state index in [-0.39, 0.29) is 22.8 Å². The Morgan fingerprint density at radius 3 is 0.820 bits per heavy atom. The maximum atomic E-state index is 14.4. The minimum Gasteiger partial charge on any atom is -0.481 e. The summed E-state index contributed by atoms with van der Waals surface area (Å²) in [6, 6.07) is 0. The Bertz CT molecular complexity index is 1240. The SMILES string of the molecule is O=C(OC1CCCCC1)C1=C(C(=O)OC2CCCCC2)C(C(=O)OC2CCCCC2)=C(C(=O)OC2CCCCC2)C1=C(O)OC1CCCCC1. The predicted octanol–water partition coefficient (Wildman–Crippen LogP) is 8.22. The van der Waals surface area contributed by atoms with E-state index in [1.165, 1.54) is 0 Å². The van der Waals surface area contributed by atoms with Crippen LogP contribution in [0.1, 0.15) is 161 Å². The van der Waals surface area contributed by atoms with Crippen LogP contribution in [0.3, 0.4) is 0 Å². The first-order valence-corrected chi connectivity index (χ1v) is 19.8. The summed E-state index contributed by atoms with van der Waals surface area (Å²) in [5.74, 6) is -4.31. The van der Waals surface area contributed by atoms with Gasteiger partial charge in [-0.3, -0.25) is 0 Å². The number of carbonyl (C=O) groups is 4. The van der Waals surface area contributed by atoms with E-state index in [0.29, 0.717) is 64.2 Å². The molecule has 6 rings (SSSR count). The maximum absolute atomic E-state index is 14.4. The van der Waals surface area contributed by atoms with E-state index in [1.54, 1.807) is 0 Å². The van der Waals surface area contributed by atoms with Crippen LogP contribution < -0.4 is 0 Å². The standard InChI is InChI=1S/C40H56O10/c41-36(46-26-16-6-1-7-17-26)31-32(37(42)47-27-18-8-2-9-19-27)34(39(44)49-29-22-12-4-13-23-29)35(40(45)50-30-24-14-5-15-25-30)33(31)38(43)48-28-20-10-3-11-21-28/h26-30,41H,1-25H2. The molecule has 0 saturated heterocycles. The van der Waals surface area contributed by atoms with Gasteiger partial charge in [0, 0.05) is 0 Å². The van der Waals surface area contributed by atoms with Gasteiger partial charge in [0.15, 0.2) is 0 Å². The molecule has 6 aliphatic rings. The van der Waals surface area contributed by atoms with Crippen molar-refractivity contribution in [3.8, 4) is 0 Å². The van der Waals surface area contributed by atoms with Crippen LogP contribution in [-0.2, 0) is 42.9 Å². The van der Waals surface area contributed by atoms with Crippen molar-refractivity contribution in [1.29, 1.82) is 0 Å². The van der Waals surface area contributed by atoms with Gasteiger partial charge in [-0.1, -0.05) is 32.1 Å². The first-order valence-electron chi connectivity index (χ1n) is 19.8. The zero-order valence-electron chi connectivity index (χ0n) is 29.7. The zero-order valence-corrected chi connectivity index (χ0v) is 29.7. The fraction of sp³-hybridized carbons (Fsp3) is 0.750. The molecule has 0 aromatic rings. The third-order valence-corrected chi connectivity index (χ3v) is 11.4. The number of ether oxygens (including phenoxy) is 5. The average molecular weight is 697 g/mol. The second-order valence-electron chi connectivity index (χ2n) is 15.2. The molecule has 0 aromatic carbocycles. The number of rotatable bonds is 10. The highest BCUT2D eigenvalue weighted by atomic mass is 16.6. The number of hydrogen-bond acceptors (Lipinski definition) is 10. The van der Waals surface area contributed by atoms with Crippen molar-refractivity contribution in [2.45, 2.75) is 191 Å². The summed E-state index contributed by atoms with van der Waals surface area (Å²) in [6.07, 6.45) is 18.7. The molecular weight excluding hydrogens is 640 g/mol. The Morgan fingerprint density at radius 2 is 0.560 bits per heavy atom. The first kappa shape index (κ1) is 36.5. The average Bonchev–Trinajstić information content (AvgIpc) is 3.51. The fourth-order valence-corrected chi connectivity index (χ4v) is 8.63. The Kier molecular flexibility index (Phi) is 13.0. The predicted molar refractivity (Wildman–Crippen MR) is 184 cm³/mol. The molecule has 5 saturated carbocycles. The number of aliphatic hydroxyl groups excluding tert-OH is 1. The van der Waals surface area contributed by atoms with Gasteiger partial charge in [-0.15, -0.1) is 0 Å². The van der Waals surface area contributed by atoms with Crippen LogP contribution in [0.5, 0.6) is 0 Å². The van der Waals surface area contributed by atoms with Crippen LogP contribution >= 0.6 is 0 Å². The van der Waals surface area contributed by atoms with Gasteiger partial charge >= 0.3 is 23.9 Å². The van der Waals surface area contributed by atoms with E-state index in [4.69, 9.17) is 23.7 Å². The van der Waals surface area contributed by atoms with Crippen molar-refractivity contribution >= 4 is 23.9 Å². The maximum Gasteiger partial charge on any atom is 0.340 e. The monoisotopic (exact) mass is 696 g/mol. The lowest BCUT2D eigenvalue weighted by Gasteiger charge is -2.25. The molecule has 0 spiro atoms. The minimum atomic E-state index is -0.911. The zero-order chi connectivity index (χ0) is 34.9. The molecular formula is C40H56O10. The van der Waals surface area contributed by atoms with E-state index in [0.717, 1.165) is 96.3 Å². The van der Waals surface area contributed by atoms with Crippen LogP contribution in [0.25, 0.3) is 0 Å². The molecule has 0 unspecified atom stereocenters. The highest BCUT2D eigenvalue weighted by Crippen LogP contribution is 2.44. The highest BCUT2D eigenvalue weighted by Gasteiger charge is 2.49. The number of aliphatic hydroxyl groups is 1. The topological polar surface area (TPSA) is 135 Å². The van der Waals surface area contributed by atoms with Crippen molar-refractivity contribution in [2.75, 3.05) is 0 Å². The molecule has 0 aliphatic heterocycles. The largest absolute Gasteiger partial charge is 0.481 e. The van der Waals surface area contributed by atoms with Gasteiger partial charge in [0.2, 0.25) is 0 Å². The van der Waals surface area contributed by atoms with Gasteiger partial charge in [-0.05, 0) is 128 Å². The summed E-state index contributed by atoms with van der Waals surface area (Å²) < 4.78 is 30.2. The molecule has 50 heavy (non-hydrogen) atoms. The second-order valence-corrected chi connectivity index (χ2v) is 15.2. The summed E-state index contributed by atoms with van der Waals surface area (Å²) in [6.45, 7) is 0. The fourth-order valence-electron chi connectivity index (χ4n) is 8.63. The normalized spacial score (nSPS) is 23.8. The molecule has 0 amide bonds. The van der Waals surface area contributed by atoms with E-state index >= 15 is 0 Å². The van der Waals surface area contributed by atoms with E-state index in [1.807, 2.05) is 0 Å². The van der Waals surface area contributed by atoms with Gasteiger partial charge in [0.25, 0.3) is 5.95 Å². The van der Waals surface area contributed by atoms with Crippen molar-refractivity contribution < 1.29 is 48.0 Å². The Balaban J connectivity index is 1.48. The summed E-state index contributed by atoms with van der Waals surface area (Å²) in [4.78, 5) is 57.7. The van der Waals surface area contributed by atoms with Crippen molar-refractivity contribution in [3.05, 3.63) is 33.8 Å². The van der Waals surface area contributed by atoms with E-state index < -0.39 is 65.4 Å². The summed E-state index contributed by atoms with van der Waals surface area (Å²) in [5, 5.41) is 11.9.